The van der Waals surface area contributed by atoms with E-state index in [1.165, 1.54) is 5.57 Å². The largest absolute Gasteiger partial charge is 0.374 e. The molecule has 1 aliphatic carbocycles. The van der Waals surface area contributed by atoms with Crippen LogP contribution in [0.3, 0.4) is 0 Å². The predicted molar refractivity (Wildman–Crippen MR) is 47.5 cm³/mol. The van der Waals surface area contributed by atoms with Gasteiger partial charge in [0.05, 0.1) is 6.10 Å². The van der Waals surface area contributed by atoms with Crippen molar-refractivity contribution in [2.45, 2.75) is 32.8 Å². The molecule has 11 heavy (non-hydrogen) atoms. The van der Waals surface area contributed by atoms with Gasteiger partial charge in [-0.25, -0.2) is 0 Å². The summed E-state index contributed by atoms with van der Waals surface area (Å²) in [6.45, 7) is 5.01. The first-order valence-electron chi connectivity index (χ1n) is 4.36. The van der Waals surface area contributed by atoms with Crippen molar-refractivity contribution in [3.05, 3.63) is 23.8 Å². The van der Waals surface area contributed by atoms with Gasteiger partial charge in [0.25, 0.3) is 0 Å². The lowest BCUT2D eigenvalue weighted by Crippen LogP contribution is -2.12. The first-order valence-corrected chi connectivity index (χ1v) is 4.36. The van der Waals surface area contributed by atoms with Crippen LogP contribution >= 0.6 is 0 Å². The Hall–Kier alpha value is -0.560. The van der Waals surface area contributed by atoms with Crippen LogP contribution in [-0.4, -0.2) is 12.7 Å². The SMILES string of the molecule is CCOC(CC)C1=CCC=C1. The third-order valence-electron chi connectivity index (χ3n) is 1.91. The Kier molecular flexibility index (Phi) is 3.37. The maximum atomic E-state index is 5.56. The van der Waals surface area contributed by atoms with Gasteiger partial charge in [-0.3, -0.25) is 0 Å². The molecule has 1 heteroatoms. The monoisotopic (exact) mass is 152 g/mol. The van der Waals surface area contributed by atoms with Crippen molar-refractivity contribution in [3.8, 4) is 0 Å². The van der Waals surface area contributed by atoms with E-state index >= 15 is 0 Å². The van der Waals surface area contributed by atoms with E-state index in [9.17, 15) is 0 Å². The topological polar surface area (TPSA) is 9.23 Å². The predicted octanol–water partition coefficient (Wildman–Crippen LogP) is 2.69. The van der Waals surface area contributed by atoms with E-state index < -0.39 is 0 Å². The van der Waals surface area contributed by atoms with E-state index in [4.69, 9.17) is 4.74 Å². The molecule has 0 bridgehead atoms. The van der Waals surface area contributed by atoms with Crippen molar-refractivity contribution in [2.75, 3.05) is 6.61 Å². The summed E-state index contributed by atoms with van der Waals surface area (Å²) in [5.41, 5.74) is 1.36. The number of allylic oxidation sites excluding steroid dienone is 2. The lowest BCUT2D eigenvalue weighted by Gasteiger charge is -2.14. The summed E-state index contributed by atoms with van der Waals surface area (Å²) in [5.74, 6) is 0. The normalized spacial score (nSPS) is 18.5. The summed E-state index contributed by atoms with van der Waals surface area (Å²) in [6.07, 6.45) is 9.08. The van der Waals surface area contributed by atoms with Crippen molar-refractivity contribution in [2.24, 2.45) is 0 Å². The van der Waals surface area contributed by atoms with Gasteiger partial charge in [-0.15, -0.1) is 0 Å². The minimum atomic E-state index is 0.332. The third-order valence-corrected chi connectivity index (χ3v) is 1.91. The molecule has 1 atom stereocenters. The van der Waals surface area contributed by atoms with E-state index in [2.05, 4.69) is 25.2 Å². The molecule has 0 aromatic heterocycles. The molecule has 0 amide bonds. The molecule has 0 N–H and O–H groups in total. The standard InChI is InChI=1S/C10H16O/c1-3-10(11-4-2)9-7-5-6-8-9/h5,7-8,10H,3-4,6H2,1-2H3. The van der Waals surface area contributed by atoms with Gasteiger partial charge in [0.2, 0.25) is 0 Å². The number of hydrogen-bond donors (Lipinski definition) is 0. The highest BCUT2D eigenvalue weighted by atomic mass is 16.5. The van der Waals surface area contributed by atoms with E-state index in [1.54, 1.807) is 0 Å². The molecule has 0 aromatic carbocycles. The van der Waals surface area contributed by atoms with E-state index in [0.717, 1.165) is 19.4 Å². The minimum Gasteiger partial charge on any atom is -0.374 e. The summed E-state index contributed by atoms with van der Waals surface area (Å²) >= 11 is 0. The van der Waals surface area contributed by atoms with Gasteiger partial charge >= 0.3 is 0 Å². The van der Waals surface area contributed by atoms with Crippen molar-refractivity contribution in [1.82, 2.24) is 0 Å². The van der Waals surface area contributed by atoms with Crippen molar-refractivity contribution in [3.63, 3.8) is 0 Å². The highest BCUT2D eigenvalue weighted by molar-refractivity contribution is 5.29. The van der Waals surface area contributed by atoms with Crippen LogP contribution in [0.15, 0.2) is 23.8 Å². The average Bonchev–Trinajstić information content (AvgIpc) is 2.52. The summed E-state index contributed by atoms with van der Waals surface area (Å²) in [7, 11) is 0. The molecule has 1 nitrogen and oxygen atoms in total. The first-order chi connectivity index (χ1) is 5.38. The van der Waals surface area contributed by atoms with Gasteiger partial charge in [0, 0.05) is 6.61 Å². The van der Waals surface area contributed by atoms with Gasteiger partial charge in [0.15, 0.2) is 0 Å². The van der Waals surface area contributed by atoms with Crippen LogP contribution in [0.1, 0.15) is 26.7 Å². The Morgan fingerprint density at radius 1 is 1.55 bits per heavy atom. The van der Waals surface area contributed by atoms with Crippen LogP contribution in [0.5, 0.6) is 0 Å². The fourth-order valence-electron chi connectivity index (χ4n) is 1.37. The van der Waals surface area contributed by atoms with Crippen LogP contribution in [0.25, 0.3) is 0 Å². The fraction of sp³-hybridized carbons (Fsp3) is 0.600. The van der Waals surface area contributed by atoms with E-state index in [-0.39, 0.29) is 0 Å². The Balaban J connectivity index is 2.47. The second-order valence-electron chi connectivity index (χ2n) is 2.69. The minimum absolute atomic E-state index is 0.332. The number of ether oxygens (including phenoxy) is 1. The zero-order valence-electron chi connectivity index (χ0n) is 7.34. The number of rotatable bonds is 4. The Morgan fingerprint density at radius 3 is 2.82 bits per heavy atom. The molecule has 0 saturated heterocycles. The van der Waals surface area contributed by atoms with Crippen molar-refractivity contribution < 1.29 is 4.74 Å². The van der Waals surface area contributed by atoms with Gasteiger partial charge in [0.1, 0.15) is 0 Å². The molecule has 1 unspecified atom stereocenters. The van der Waals surface area contributed by atoms with Crippen LogP contribution in [0.4, 0.5) is 0 Å². The van der Waals surface area contributed by atoms with Crippen molar-refractivity contribution in [1.29, 1.82) is 0 Å². The Bertz CT molecular complexity index is 168. The first kappa shape index (κ1) is 8.54. The van der Waals surface area contributed by atoms with Gasteiger partial charge in [-0.2, -0.15) is 0 Å². The lowest BCUT2D eigenvalue weighted by atomic mass is 10.1. The van der Waals surface area contributed by atoms with Crippen LogP contribution < -0.4 is 0 Å². The quantitative estimate of drug-likeness (QED) is 0.601. The second-order valence-corrected chi connectivity index (χ2v) is 2.69. The molecule has 0 fully saturated rings. The Labute approximate surface area is 68.8 Å². The molecule has 0 aromatic rings. The van der Waals surface area contributed by atoms with Gasteiger partial charge in [-0.05, 0) is 25.3 Å². The van der Waals surface area contributed by atoms with E-state index in [0.29, 0.717) is 6.10 Å². The van der Waals surface area contributed by atoms with Crippen LogP contribution in [0.2, 0.25) is 0 Å². The maximum Gasteiger partial charge on any atom is 0.0819 e. The zero-order chi connectivity index (χ0) is 8.10. The molecule has 0 radical (unpaired) electrons. The highest BCUT2D eigenvalue weighted by Crippen LogP contribution is 2.17. The van der Waals surface area contributed by atoms with E-state index in [1.807, 2.05) is 6.92 Å². The zero-order valence-corrected chi connectivity index (χ0v) is 7.34. The third kappa shape index (κ3) is 2.19. The molecular weight excluding hydrogens is 136 g/mol. The molecule has 1 aliphatic rings. The summed E-state index contributed by atoms with van der Waals surface area (Å²) in [4.78, 5) is 0. The smallest absolute Gasteiger partial charge is 0.0819 e. The molecule has 0 aliphatic heterocycles. The molecule has 0 saturated carbocycles. The van der Waals surface area contributed by atoms with Crippen LogP contribution in [-0.2, 0) is 4.74 Å². The second kappa shape index (κ2) is 4.35. The number of hydrogen-bond acceptors (Lipinski definition) is 1. The van der Waals surface area contributed by atoms with Crippen molar-refractivity contribution >= 4 is 0 Å². The summed E-state index contributed by atoms with van der Waals surface area (Å²) in [6, 6.07) is 0. The van der Waals surface area contributed by atoms with Gasteiger partial charge in [-0.1, -0.05) is 25.2 Å². The molecule has 1 rings (SSSR count). The molecule has 0 heterocycles. The summed E-state index contributed by atoms with van der Waals surface area (Å²) < 4.78 is 5.56. The van der Waals surface area contributed by atoms with Crippen LogP contribution in [0, 0.1) is 0 Å². The highest BCUT2D eigenvalue weighted by Gasteiger charge is 2.10. The molecular formula is C10H16O. The lowest BCUT2D eigenvalue weighted by molar-refractivity contribution is 0.0882. The van der Waals surface area contributed by atoms with Gasteiger partial charge < -0.3 is 4.74 Å². The average molecular weight is 152 g/mol. The summed E-state index contributed by atoms with van der Waals surface area (Å²) in [5, 5.41) is 0. The maximum absolute atomic E-state index is 5.56. The Morgan fingerprint density at radius 2 is 2.36 bits per heavy atom. The fourth-order valence-corrected chi connectivity index (χ4v) is 1.37. The molecule has 0 spiro atoms. The molecule has 62 valence electrons.